The van der Waals surface area contributed by atoms with Crippen LogP contribution in [0.1, 0.15) is 48.5 Å². The third-order valence-electron chi connectivity index (χ3n) is 2.99. The average Bonchev–Trinajstić information content (AvgIpc) is 2.13. The maximum absolute atomic E-state index is 12.3. The molecule has 5 heteroatoms. The van der Waals surface area contributed by atoms with Crippen molar-refractivity contribution in [1.29, 1.82) is 0 Å². The second-order valence-corrected chi connectivity index (χ2v) is 8.38. The van der Waals surface area contributed by atoms with E-state index in [-0.39, 0.29) is 17.1 Å². The minimum Gasteiger partial charge on any atom is -0.480 e. The lowest BCUT2D eigenvalue weighted by Gasteiger charge is -2.39. The van der Waals surface area contributed by atoms with Gasteiger partial charge in [-0.2, -0.15) is 11.8 Å². The number of rotatable bonds is 5. The summed E-state index contributed by atoms with van der Waals surface area (Å²) in [5.41, 5.74) is -2.25. The highest BCUT2D eigenvalue weighted by Crippen LogP contribution is 2.45. The van der Waals surface area contributed by atoms with E-state index in [0.29, 0.717) is 0 Å². The van der Waals surface area contributed by atoms with E-state index >= 15 is 0 Å². The van der Waals surface area contributed by atoms with Gasteiger partial charge in [-0.05, 0) is 12.3 Å². The maximum atomic E-state index is 12.3. The van der Waals surface area contributed by atoms with Crippen LogP contribution in [-0.4, -0.2) is 34.2 Å². The standard InChI is InChI=1S/C14H26O4S/c1-8-18-11(17)14(10(15)16,12(2,3)4)9-19-13(5,6)7/h8-9H2,1-7H3,(H,15,16)/t14-/m0/s1. The van der Waals surface area contributed by atoms with E-state index in [1.54, 1.807) is 27.7 Å². The summed E-state index contributed by atoms with van der Waals surface area (Å²) in [6.07, 6.45) is 0. The first kappa shape index (κ1) is 18.3. The Bertz CT molecular complexity index is 338. The van der Waals surface area contributed by atoms with E-state index < -0.39 is 22.8 Å². The Hall–Kier alpha value is -0.710. The van der Waals surface area contributed by atoms with Gasteiger partial charge in [0.05, 0.1) is 6.61 Å². The fourth-order valence-electron chi connectivity index (χ4n) is 1.63. The van der Waals surface area contributed by atoms with Crippen LogP contribution in [0.5, 0.6) is 0 Å². The number of thioether (sulfide) groups is 1. The quantitative estimate of drug-likeness (QED) is 0.622. The minimum atomic E-state index is -1.53. The highest BCUT2D eigenvalue weighted by atomic mass is 32.2. The highest BCUT2D eigenvalue weighted by Gasteiger charge is 2.56. The predicted octanol–water partition coefficient (Wildman–Crippen LogP) is 3.20. The average molecular weight is 290 g/mol. The number of carbonyl (C=O) groups excluding carboxylic acids is 1. The molecule has 0 aliphatic heterocycles. The summed E-state index contributed by atoms with van der Waals surface area (Å²) in [4.78, 5) is 24.0. The van der Waals surface area contributed by atoms with Gasteiger partial charge in [0, 0.05) is 10.5 Å². The van der Waals surface area contributed by atoms with Gasteiger partial charge in [0.25, 0.3) is 0 Å². The van der Waals surface area contributed by atoms with Crippen molar-refractivity contribution in [1.82, 2.24) is 0 Å². The van der Waals surface area contributed by atoms with Crippen molar-refractivity contribution >= 4 is 23.7 Å². The number of carbonyl (C=O) groups is 2. The van der Waals surface area contributed by atoms with Crippen molar-refractivity contribution in [2.45, 2.75) is 53.2 Å². The number of aliphatic carboxylic acids is 1. The van der Waals surface area contributed by atoms with Gasteiger partial charge in [-0.1, -0.05) is 41.5 Å². The van der Waals surface area contributed by atoms with Crippen LogP contribution in [0.15, 0.2) is 0 Å². The minimum absolute atomic E-state index is 0.113. The molecule has 0 unspecified atom stereocenters. The zero-order valence-corrected chi connectivity index (χ0v) is 13.8. The molecule has 0 heterocycles. The highest BCUT2D eigenvalue weighted by molar-refractivity contribution is 8.00. The Morgan fingerprint density at radius 3 is 1.84 bits per heavy atom. The van der Waals surface area contributed by atoms with E-state index in [4.69, 9.17) is 4.74 Å². The number of ether oxygens (including phenoxy) is 1. The Kier molecular flexibility index (Phi) is 5.93. The van der Waals surface area contributed by atoms with Crippen LogP contribution in [0.4, 0.5) is 0 Å². The van der Waals surface area contributed by atoms with E-state index in [0.717, 1.165) is 0 Å². The Morgan fingerprint density at radius 2 is 1.58 bits per heavy atom. The van der Waals surface area contributed by atoms with Crippen molar-refractivity contribution in [3.63, 3.8) is 0 Å². The summed E-state index contributed by atoms with van der Waals surface area (Å²) in [6.45, 7) is 13.2. The molecule has 0 radical (unpaired) electrons. The molecule has 0 aromatic carbocycles. The third kappa shape index (κ3) is 4.41. The molecule has 0 saturated carbocycles. The Balaban J connectivity index is 5.54. The van der Waals surface area contributed by atoms with Crippen LogP contribution >= 0.6 is 11.8 Å². The second-order valence-electron chi connectivity index (χ2n) is 6.58. The Morgan fingerprint density at radius 1 is 1.11 bits per heavy atom. The zero-order chi connectivity index (χ0) is 15.5. The van der Waals surface area contributed by atoms with Crippen LogP contribution in [-0.2, 0) is 14.3 Å². The molecule has 0 bridgehead atoms. The largest absolute Gasteiger partial charge is 0.480 e. The number of hydrogen-bond acceptors (Lipinski definition) is 4. The maximum Gasteiger partial charge on any atom is 0.324 e. The first-order valence-electron chi connectivity index (χ1n) is 6.43. The zero-order valence-electron chi connectivity index (χ0n) is 13.0. The molecule has 0 rings (SSSR count). The normalized spacial score (nSPS) is 15.7. The third-order valence-corrected chi connectivity index (χ3v) is 4.43. The van der Waals surface area contributed by atoms with Gasteiger partial charge < -0.3 is 9.84 Å². The molecule has 0 amide bonds. The van der Waals surface area contributed by atoms with Crippen molar-refractivity contribution < 1.29 is 19.4 Å². The van der Waals surface area contributed by atoms with Crippen molar-refractivity contribution in [2.24, 2.45) is 10.8 Å². The second kappa shape index (κ2) is 6.16. The molecule has 19 heavy (non-hydrogen) atoms. The van der Waals surface area contributed by atoms with E-state index in [9.17, 15) is 14.7 Å². The molecule has 1 N–H and O–H groups in total. The monoisotopic (exact) mass is 290 g/mol. The molecule has 4 nitrogen and oxygen atoms in total. The van der Waals surface area contributed by atoms with Crippen LogP contribution < -0.4 is 0 Å². The van der Waals surface area contributed by atoms with Gasteiger partial charge >= 0.3 is 11.9 Å². The summed E-state index contributed by atoms with van der Waals surface area (Å²) in [6, 6.07) is 0. The van der Waals surface area contributed by atoms with Crippen LogP contribution in [0.3, 0.4) is 0 Å². The molecule has 0 fully saturated rings. The van der Waals surface area contributed by atoms with Crippen molar-refractivity contribution in [3.05, 3.63) is 0 Å². The predicted molar refractivity (Wildman–Crippen MR) is 78.4 cm³/mol. The van der Waals surface area contributed by atoms with Crippen molar-refractivity contribution in [3.8, 4) is 0 Å². The molecule has 0 aromatic rings. The topological polar surface area (TPSA) is 63.6 Å². The molecular weight excluding hydrogens is 264 g/mol. The number of carboxylic acids is 1. The smallest absolute Gasteiger partial charge is 0.324 e. The summed E-state index contributed by atoms with van der Waals surface area (Å²) in [5, 5.41) is 9.64. The van der Waals surface area contributed by atoms with Crippen molar-refractivity contribution in [2.75, 3.05) is 12.4 Å². The van der Waals surface area contributed by atoms with Crippen LogP contribution in [0, 0.1) is 10.8 Å². The number of esters is 1. The summed E-state index contributed by atoms with van der Waals surface area (Å²) in [7, 11) is 0. The molecule has 0 aromatic heterocycles. The lowest BCUT2D eigenvalue weighted by molar-refractivity contribution is -0.174. The fraction of sp³-hybridized carbons (Fsp3) is 0.857. The van der Waals surface area contributed by atoms with Gasteiger partial charge in [-0.15, -0.1) is 0 Å². The van der Waals surface area contributed by atoms with E-state index in [2.05, 4.69) is 0 Å². The van der Waals surface area contributed by atoms with Gasteiger partial charge in [-0.25, -0.2) is 0 Å². The lowest BCUT2D eigenvalue weighted by atomic mass is 9.67. The molecule has 112 valence electrons. The van der Waals surface area contributed by atoms with E-state index in [1.165, 1.54) is 11.8 Å². The number of hydrogen-bond donors (Lipinski definition) is 1. The summed E-state index contributed by atoms with van der Waals surface area (Å²) >= 11 is 1.47. The summed E-state index contributed by atoms with van der Waals surface area (Å²) in [5.74, 6) is -1.56. The van der Waals surface area contributed by atoms with Gasteiger partial charge in [0.1, 0.15) is 0 Å². The molecule has 0 aliphatic rings. The number of carboxylic acid groups (broad SMARTS) is 1. The van der Waals surface area contributed by atoms with Gasteiger partial charge in [0.2, 0.25) is 0 Å². The molecule has 0 aliphatic carbocycles. The fourth-order valence-corrected chi connectivity index (χ4v) is 2.95. The molecular formula is C14H26O4S. The molecule has 1 atom stereocenters. The lowest BCUT2D eigenvalue weighted by Crippen LogP contribution is -2.52. The summed E-state index contributed by atoms with van der Waals surface area (Å²) < 4.78 is 4.91. The van der Waals surface area contributed by atoms with Crippen LogP contribution in [0.25, 0.3) is 0 Å². The molecule has 0 saturated heterocycles. The SMILES string of the molecule is CCOC(=O)[C@](CSC(C)(C)C)(C(=O)O)C(C)(C)C. The van der Waals surface area contributed by atoms with E-state index in [1.807, 2.05) is 20.8 Å². The first-order chi connectivity index (χ1) is 8.38. The molecule has 0 spiro atoms. The van der Waals surface area contributed by atoms with Crippen LogP contribution in [0.2, 0.25) is 0 Å². The van der Waals surface area contributed by atoms with Gasteiger partial charge in [-0.3, -0.25) is 9.59 Å². The van der Waals surface area contributed by atoms with Gasteiger partial charge in [0.15, 0.2) is 5.41 Å². The Labute approximate surface area is 120 Å². The first-order valence-corrected chi connectivity index (χ1v) is 7.41.